The Hall–Kier alpha value is -2.41. The Labute approximate surface area is 197 Å². The number of aliphatic hydroxyl groups excluding tert-OH is 1. The Morgan fingerprint density at radius 3 is 2.68 bits per heavy atom. The fraction of sp³-hybridized carbons (Fsp3) is 0.571. The van der Waals surface area contributed by atoms with Gasteiger partial charge in [0.1, 0.15) is 12.4 Å². The molecule has 1 aromatic rings. The van der Waals surface area contributed by atoms with Crippen molar-refractivity contribution in [3.63, 3.8) is 0 Å². The van der Waals surface area contributed by atoms with Crippen LogP contribution < -0.4 is 15.4 Å². The molecule has 0 spiro atoms. The van der Waals surface area contributed by atoms with Gasteiger partial charge in [-0.1, -0.05) is 11.6 Å². The normalized spacial score (nSPS) is 22.7. The molecular weight excluding hydrogens is 485 g/mol. The molecule has 13 heteroatoms. The van der Waals surface area contributed by atoms with E-state index in [1.165, 1.54) is 12.1 Å². The summed E-state index contributed by atoms with van der Waals surface area (Å²) in [5.41, 5.74) is 0.308. The molecular formula is C21H24ClF3N2O7. The number of aliphatic hydroxyl groups is 1. The molecule has 0 saturated heterocycles. The van der Waals surface area contributed by atoms with Crippen molar-refractivity contribution in [1.82, 2.24) is 10.6 Å². The summed E-state index contributed by atoms with van der Waals surface area (Å²) in [6.45, 7) is -0.346. The number of ketones is 1. The number of halogens is 4. The highest BCUT2D eigenvalue weighted by atomic mass is 35.5. The molecule has 188 valence electrons. The van der Waals surface area contributed by atoms with Crippen LogP contribution in [0.25, 0.3) is 0 Å². The Kier molecular flexibility index (Phi) is 8.74. The van der Waals surface area contributed by atoms with Crippen LogP contribution in [0.1, 0.15) is 36.0 Å². The number of nitrogens with one attached hydrogen (secondary N) is 2. The first-order chi connectivity index (χ1) is 16.0. The van der Waals surface area contributed by atoms with Gasteiger partial charge in [0.2, 0.25) is 5.91 Å². The lowest BCUT2D eigenvalue weighted by atomic mass is 9.92. The lowest BCUT2D eigenvalue weighted by Gasteiger charge is -2.34. The molecule has 1 aliphatic carbocycles. The van der Waals surface area contributed by atoms with Crippen LogP contribution in [0.15, 0.2) is 18.2 Å². The van der Waals surface area contributed by atoms with E-state index in [2.05, 4.69) is 15.4 Å². The average Bonchev–Trinajstić information content (AvgIpc) is 2.73. The number of hydrogen-bond acceptors (Lipinski definition) is 7. The van der Waals surface area contributed by atoms with Gasteiger partial charge >= 0.3 is 6.36 Å². The van der Waals surface area contributed by atoms with Gasteiger partial charge in [-0.2, -0.15) is 0 Å². The topological polar surface area (TPSA) is 123 Å². The van der Waals surface area contributed by atoms with Crippen LogP contribution in [0.5, 0.6) is 5.75 Å². The van der Waals surface area contributed by atoms with Gasteiger partial charge in [-0.05, 0) is 24.6 Å². The number of carbonyl (C=O) groups excluding carboxylic acids is 3. The zero-order valence-corrected chi connectivity index (χ0v) is 18.7. The summed E-state index contributed by atoms with van der Waals surface area (Å²) in [7, 11) is 0. The van der Waals surface area contributed by atoms with Crippen molar-refractivity contribution < 1.29 is 46.9 Å². The third-order valence-corrected chi connectivity index (χ3v) is 5.52. The second kappa shape index (κ2) is 11.3. The number of hydrogen-bond donors (Lipinski definition) is 3. The molecule has 1 aromatic carbocycles. The molecule has 3 rings (SSSR count). The van der Waals surface area contributed by atoms with Crippen LogP contribution in [-0.2, 0) is 19.1 Å². The Morgan fingerprint density at radius 2 is 1.97 bits per heavy atom. The molecule has 0 radical (unpaired) electrons. The molecule has 9 nitrogen and oxygen atoms in total. The van der Waals surface area contributed by atoms with E-state index >= 15 is 0 Å². The van der Waals surface area contributed by atoms with Crippen LogP contribution in [0.2, 0.25) is 5.02 Å². The summed E-state index contributed by atoms with van der Waals surface area (Å²) in [5.74, 6) is -1.06. The molecule has 2 atom stereocenters. The molecule has 1 aliphatic heterocycles. The number of amides is 2. The first kappa shape index (κ1) is 26.2. The van der Waals surface area contributed by atoms with Crippen molar-refractivity contribution in [1.29, 1.82) is 0 Å². The van der Waals surface area contributed by atoms with Crippen molar-refractivity contribution >= 4 is 29.2 Å². The lowest BCUT2D eigenvalue weighted by Crippen LogP contribution is -2.45. The van der Waals surface area contributed by atoms with E-state index in [9.17, 15) is 32.7 Å². The number of ether oxygens (including phenoxy) is 3. The van der Waals surface area contributed by atoms with Crippen LogP contribution >= 0.6 is 11.6 Å². The Morgan fingerprint density at radius 1 is 1.24 bits per heavy atom. The number of Topliss-reactive ketones (excluding diaryl/α,β-unsaturated/α-hetero) is 1. The highest BCUT2D eigenvalue weighted by Gasteiger charge is 2.40. The maximum Gasteiger partial charge on any atom is 0.522 e. The zero-order chi connectivity index (χ0) is 24.9. The highest BCUT2D eigenvalue weighted by molar-refractivity contribution is 6.31. The highest BCUT2D eigenvalue weighted by Crippen LogP contribution is 2.32. The SMILES string of the molecule is O=C(CO[C@H]1C[C@@H](OC(F)(F)F)C1)NCC[C@H](O)CNC(=O)[C@H]1CC(=O)c2cc(Cl)ccc2O1. The van der Waals surface area contributed by atoms with Crippen LogP contribution in [0.3, 0.4) is 0 Å². The van der Waals surface area contributed by atoms with E-state index in [0.29, 0.717) is 10.6 Å². The molecule has 34 heavy (non-hydrogen) atoms. The van der Waals surface area contributed by atoms with Gasteiger partial charge in [-0.3, -0.25) is 19.1 Å². The lowest BCUT2D eigenvalue weighted by molar-refractivity contribution is -0.357. The predicted molar refractivity (Wildman–Crippen MR) is 111 cm³/mol. The number of fused-ring (bicyclic) bond motifs is 1. The summed E-state index contributed by atoms with van der Waals surface area (Å²) in [6.07, 6.45) is -8.03. The predicted octanol–water partition coefficient (Wildman–Crippen LogP) is 1.74. The number of rotatable bonds is 10. The molecule has 1 fully saturated rings. The molecule has 0 unspecified atom stereocenters. The zero-order valence-electron chi connectivity index (χ0n) is 17.9. The summed E-state index contributed by atoms with van der Waals surface area (Å²) < 4.78 is 50.7. The smallest absolute Gasteiger partial charge is 0.479 e. The third-order valence-electron chi connectivity index (χ3n) is 5.29. The van der Waals surface area contributed by atoms with Crippen molar-refractivity contribution in [2.24, 2.45) is 0 Å². The number of alkyl halides is 3. The van der Waals surface area contributed by atoms with E-state index in [1.54, 1.807) is 6.07 Å². The average molecular weight is 509 g/mol. The van der Waals surface area contributed by atoms with Crippen LogP contribution in [0, 0.1) is 0 Å². The molecule has 1 heterocycles. The molecule has 2 aliphatic rings. The monoisotopic (exact) mass is 508 g/mol. The van der Waals surface area contributed by atoms with Gasteiger partial charge in [0, 0.05) is 31.0 Å². The third kappa shape index (κ3) is 7.83. The molecule has 2 amide bonds. The van der Waals surface area contributed by atoms with E-state index in [0.717, 1.165) is 0 Å². The summed E-state index contributed by atoms with van der Waals surface area (Å²) >= 11 is 5.86. The van der Waals surface area contributed by atoms with Crippen molar-refractivity contribution in [2.45, 2.75) is 56.5 Å². The van der Waals surface area contributed by atoms with Gasteiger partial charge in [-0.25, -0.2) is 0 Å². The summed E-state index contributed by atoms with van der Waals surface area (Å²) in [5, 5.41) is 15.4. The van der Waals surface area contributed by atoms with Gasteiger partial charge in [0.15, 0.2) is 11.9 Å². The minimum atomic E-state index is -4.69. The van der Waals surface area contributed by atoms with Crippen LogP contribution in [0.4, 0.5) is 13.2 Å². The maximum absolute atomic E-state index is 12.3. The van der Waals surface area contributed by atoms with E-state index in [1.807, 2.05) is 0 Å². The summed E-state index contributed by atoms with van der Waals surface area (Å²) in [4.78, 5) is 36.3. The Bertz CT molecular complexity index is 909. The van der Waals surface area contributed by atoms with Gasteiger partial charge in [-0.15, -0.1) is 13.2 Å². The van der Waals surface area contributed by atoms with Crippen LogP contribution in [-0.4, -0.2) is 73.2 Å². The largest absolute Gasteiger partial charge is 0.522 e. The minimum Gasteiger partial charge on any atom is -0.479 e. The first-order valence-corrected chi connectivity index (χ1v) is 11.0. The fourth-order valence-corrected chi connectivity index (χ4v) is 3.61. The van der Waals surface area contributed by atoms with Gasteiger partial charge < -0.3 is 25.2 Å². The minimum absolute atomic E-state index is 0.0564. The standard InChI is InChI=1S/C21H24ClF3N2O7/c22-11-1-2-17-15(5-11)16(29)8-18(33-17)20(31)27-9-12(28)3-4-26-19(30)10-32-13-6-14(7-13)34-21(23,24)25/h1-2,5,12-14,18,28H,3-4,6-10H2,(H,26,30)(H,27,31)/t12-,13-,14+,18+/m0/s1. The fourth-order valence-electron chi connectivity index (χ4n) is 3.44. The Balaban J connectivity index is 1.27. The maximum atomic E-state index is 12.3. The quantitative estimate of drug-likeness (QED) is 0.440. The van der Waals surface area contributed by atoms with E-state index in [-0.39, 0.29) is 56.9 Å². The second-order valence-corrected chi connectivity index (χ2v) is 8.44. The number of carbonyl (C=O) groups is 3. The van der Waals surface area contributed by atoms with Crippen molar-refractivity contribution in [3.8, 4) is 5.75 Å². The molecule has 0 bridgehead atoms. The molecule has 0 aromatic heterocycles. The van der Waals surface area contributed by atoms with E-state index < -0.39 is 42.6 Å². The first-order valence-electron chi connectivity index (χ1n) is 10.6. The number of benzene rings is 1. The van der Waals surface area contributed by atoms with Gasteiger partial charge in [0.05, 0.1) is 30.3 Å². The molecule has 3 N–H and O–H groups in total. The second-order valence-electron chi connectivity index (χ2n) is 8.00. The van der Waals surface area contributed by atoms with E-state index in [4.69, 9.17) is 21.1 Å². The van der Waals surface area contributed by atoms with Gasteiger partial charge in [0.25, 0.3) is 5.91 Å². The van der Waals surface area contributed by atoms with Crippen molar-refractivity contribution in [2.75, 3.05) is 19.7 Å². The molecule has 1 saturated carbocycles. The van der Waals surface area contributed by atoms with Crippen molar-refractivity contribution in [3.05, 3.63) is 28.8 Å². The summed E-state index contributed by atoms with van der Waals surface area (Å²) in [6, 6.07) is 4.53.